The summed E-state index contributed by atoms with van der Waals surface area (Å²) in [4.78, 5) is 25.3. The highest BCUT2D eigenvalue weighted by atomic mass is 16.6. The van der Waals surface area contributed by atoms with Gasteiger partial charge in [0.2, 0.25) is 0 Å². The van der Waals surface area contributed by atoms with E-state index in [1.165, 1.54) is 103 Å². The quantitative estimate of drug-likeness (QED) is 0.0350. The first kappa shape index (κ1) is 53.6. The summed E-state index contributed by atoms with van der Waals surface area (Å²) in [5.41, 5.74) is 0. The molecule has 0 aromatic rings. The van der Waals surface area contributed by atoms with Crippen molar-refractivity contribution in [3.63, 3.8) is 0 Å². The minimum absolute atomic E-state index is 0.0712. The Hall–Kier alpha value is -2.40. The van der Waals surface area contributed by atoms with Crippen molar-refractivity contribution >= 4 is 11.9 Å². The first-order valence-electron chi connectivity index (χ1n) is 23.8. The minimum atomic E-state index is -0.547. The normalized spacial score (nSPS) is 12.7. The van der Waals surface area contributed by atoms with Crippen LogP contribution in [-0.4, -0.2) is 37.9 Å². The van der Waals surface area contributed by atoms with E-state index in [0.29, 0.717) is 19.4 Å². The number of hydrogen-bond acceptors (Lipinski definition) is 5. The van der Waals surface area contributed by atoms with Crippen LogP contribution in [0.15, 0.2) is 60.8 Å². The van der Waals surface area contributed by atoms with Crippen molar-refractivity contribution in [2.75, 3.05) is 19.8 Å². The third kappa shape index (κ3) is 44.3. The molecule has 56 heavy (non-hydrogen) atoms. The van der Waals surface area contributed by atoms with Gasteiger partial charge in [-0.15, -0.1) is 0 Å². The van der Waals surface area contributed by atoms with Gasteiger partial charge >= 0.3 is 11.9 Å². The number of rotatable bonds is 43. The summed E-state index contributed by atoms with van der Waals surface area (Å²) in [7, 11) is 0. The summed E-state index contributed by atoms with van der Waals surface area (Å²) in [6.45, 7) is 7.66. The number of hydrogen-bond donors (Lipinski definition) is 0. The van der Waals surface area contributed by atoms with Gasteiger partial charge in [-0.25, -0.2) is 0 Å². The molecule has 0 saturated heterocycles. The standard InChI is InChI=1S/C51H90O5/c1-4-7-10-13-16-19-22-24-26-28-30-32-35-38-41-44-50(52)55-48-49(47-54-46-43-40-37-34-21-18-15-12-9-6-3)56-51(53)45-42-39-36-33-31-29-27-25-23-20-17-14-11-8-5-2/h7,10,16-17,19-20,24-27,49H,4-6,8-9,11-15,18,21-23,28-48H2,1-3H3/b10-7-,19-16-,20-17-,26-24-,27-25-. The number of allylic oxidation sites excluding steroid dienone is 10. The van der Waals surface area contributed by atoms with Crippen LogP contribution in [0, 0.1) is 0 Å². The van der Waals surface area contributed by atoms with Gasteiger partial charge in [-0.3, -0.25) is 9.59 Å². The lowest BCUT2D eigenvalue weighted by molar-refractivity contribution is -0.163. The zero-order valence-electron chi connectivity index (χ0n) is 37.1. The molecule has 324 valence electrons. The van der Waals surface area contributed by atoms with Crippen LogP contribution in [0.1, 0.15) is 226 Å². The maximum atomic E-state index is 12.7. The summed E-state index contributed by atoms with van der Waals surface area (Å²) < 4.78 is 17.3. The van der Waals surface area contributed by atoms with Gasteiger partial charge < -0.3 is 14.2 Å². The van der Waals surface area contributed by atoms with Crippen molar-refractivity contribution in [3.05, 3.63) is 60.8 Å². The summed E-state index contributed by atoms with van der Waals surface area (Å²) in [6.07, 6.45) is 57.8. The highest BCUT2D eigenvalue weighted by molar-refractivity contribution is 5.70. The molecule has 0 aliphatic heterocycles. The van der Waals surface area contributed by atoms with Gasteiger partial charge in [0.25, 0.3) is 0 Å². The Labute approximate surface area is 347 Å². The molecule has 0 aromatic heterocycles. The summed E-state index contributed by atoms with van der Waals surface area (Å²) in [6, 6.07) is 0. The van der Waals surface area contributed by atoms with E-state index in [-0.39, 0.29) is 25.2 Å². The number of ether oxygens (including phenoxy) is 3. The number of carbonyl (C=O) groups is 2. The van der Waals surface area contributed by atoms with Crippen LogP contribution in [0.5, 0.6) is 0 Å². The molecule has 0 rings (SSSR count). The zero-order chi connectivity index (χ0) is 40.7. The van der Waals surface area contributed by atoms with Gasteiger partial charge in [0.1, 0.15) is 6.61 Å². The molecule has 0 aromatic carbocycles. The van der Waals surface area contributed by atoms with Crippen molar-refractivity contribution in [1.82, 2.24) is 0 Å². The monoisotopic (exact) mass is 783 g/mol. The average molecular weight is 783 g/mol. The van der Waals surface area contributed by atoms with Crippen LogP contribution in [0.25, 0.3) is 0 Å². The van der Waals surface area contributed by atoms with Gasteiger partial charge in [-0.05, 0) is 83.5 Å². The third-order valence-electron chi connectivity index (χ3n) is 10.0. The molecule has 0 fully saturated rings. The molecule has 0 spiro atoms. The Bertz CT molecular complexity index is 977. The first-order chi connectivity index (χ1) is 27.6. The average Bonchev–Trinajstić information content (AvgIpc) is 3.20. The SMILES string of the molecule is CC/C=C\C/C=C\C/C=C\CCCCCCCC(=O)OCC(COCCCCCCCCCCCC)OC(=O)CCCCCCC/C=C\C/C=C\CCCCC. The molecular weight excluding hydrogens is 693 g/mol. The van der Waals surface area contributed by atoms with Gasteiger partial charge in [-0.1, -0.05) is 191 Å². The van der Waals surface area contributed by atoms with Gasteiger partial charge in [0.15, 0.2) is 6.10 Å². The molecule has 0 aliphatic carbocycles. The van der Waals surface area contributed by atoms with E-state index >= 15 is 0 Å². The second kappa shape index (κ2) is 47.0. The Kier molecular flexibility index (Phi) is 45.0. The van der Waals surface area contributed by atoms with E-state index in [9.17, 15) is 9.59 Å². The minimum Gasteiger partial charge on any atom is -0.462 e. The van der Waals surface area contributed by atoms with E-state index in [2.05, 4.69) is 81.5 Å². The Balaban J connectivity index is 4.29. The highest BCUT2D eigenvalue weighted by Gasteiger charge is 2.17. The molecule has 5 heteroatoms. The van der Waals surface area contributed by atoms with Crippen molar-refractivity contribution < 1.29 is 23.8 Å². The van der Waals surface area contributed by atoms with Crippen molar-refractivity contribution in [1.29, 1.82) is 0 Å². The molecule has 0 amide bonds. The van der Waals surface area contributed by atoms with Crippen LogP contribution in [0.4, 0.5) is 0 Å². The zero-order valence-corrected chi connectivity index (χ0v) is 37.1. The summed E-state index contributed by atoms with van der Waals surface area (Å²) in [5, 5.41) is 0. The molecule has 1 unspecified atom stereocenters. The van der Waals surface area contributed by atoms with Gasteiger partial charge in [0, 0.05) is 19.4 Å². The molecule has 0 radical (unpaired) electrons. The maximum Gasteiger partial charge on any atom is 0.306 e. The van der Waals surface area contributed by atoms with Crippen molar-refractivity contribution in [3.8, 4) is 0 Å². The second-order valence-electron chi connectivity index (χ2n) is 15.6. The van der Waals surface area contributed by atoms with Gasteiger partial charge in [-0.2, -0.15) is 0 Å². The Morgan fingerprint density at radius 2 is 0.804 bits per heavy atom. The van der Waals surface area contributed by atoms with Gasteiger partial charge in [0.05, 0.1) is 6.61 Å². The van der Waals surface area contributed by atoms with Crippen LogP contribution >= 0.6 is 0 Å². The van der Waals surface area contributed by atoms with Crippen LogP contribution in [0.2, 0.25) is 0 Å². The second-order valence-corrected chi connectivity index (χ2v) is 15.6. The van der Waals surface area contributed by atoms with Crippen LogP contribution in [0.3, 0.4) is 0 Å². The third-order valence-corrected chi connectivity index (χ3v) is 10.0. The van der Waals surface area contributed by atoms with E-state index in [4.69, 9.17) is 14.2 Å². The van der Waals surface area contributed by atoms with E-state index in [0.717, 1.165) is 89.9 Å². The van der Waals surface area contributed by atoms with Crippen molar-refractivity contribution in [2.24, 2.45) is 0 Å². The molecule has 0 saturated carbocycles. The lowest BCUT2D eigenvalue weighted by atomic mass is 10.1. The number of esters is 2. The molecule has 5 nitrogen and oxygen atoms in total. The van der Waals surface area contributed by atoms with Crippen LogP contribution < -0.4 is 0 Å². The van der Waals surface area contributed by atoms with Crippen molar-refractivity contribution in [2.45, 2.75) is 232 Å². The fourth-order valence-corrected chi connectivity index (χ4v) is 6.49. The van der Waals surface area contributed by atoms with E-state index < -0.39 is 6.10 Å². The highest BCUT2D eigenvalue weighted by Crippen LogP contribution is 2.13. The predicted molar refractivity (Wildman–Crippen MR) is 242 cm³/mol. The summed E-state index contributed by atoms with van der Waals surface area (Å²) >= 11 is 0. The van der Waals surface area contributed by atoms with E-state index in [1.54, 1.807) is 0 Å². The Morgan fingerprint density at radius 1 is 0.411 bits per heavy atom. The van der Waals surface area contributed by atoms with Crippen LogP contribution in [-0.2, 0) is 23.8 Å². The lowest BCUT2D eigenvalue weighted by Gasteiger charge is -2.18. The molecule has 0 aliphatic rings. The molecule has 0 heterocycles. The fourth-order valence-electron chi connectivity index (χ4n) is 6.49. The molecule has 1 atom stereocenters. The smallest absolute Gasteiger partial charge is 0.306 e. The number of unbranched alkanes of at least 4 members (excludes halogenated alkanes) is 22. The fraction of sp³-hybridized carbons (Fsp3) is 0.765. The predicted octanol–water partition coefficient (Wildman–Crippen LogP) is 15.8. The lowest BCUT2D eigenvalue weighted by Crippen LogP contribution is -2.30. The van der Waals surface area contributed by atoms with E-state index in [1.807, 2.05) is 0 Å². The molecular formula is C51H90O5. The maximum absolute atomic E-state index is 12.7. The Morgan fingerprint density at radius 3 is 1.32 bits per heavy atom. The summed E-state index contributed by atoms with van der Waals surface area (Å²) in [5.74, 6) is -0.430. The number of carbonyl (C=O) groups excluding carboxylic acids is 2. The largest absolute Gasteiger partial charge is 0.462 e. The first-order valence-corrected chi connectivity index (χ1v) is 23.8. The molecule has 0 bridgehead atoms. The topological polar surface area (TPSA) is 61.8 Å². The molecule has 0 N–H and O–H groups in total.